The molecule has 5 nitrogen and oxygen atoms in total. The number of carbonyl (C=O) groups excluding carboxylic acids is 1. The van der Waals surface area contributed by atoms with Crippen molar-refractivity contribution < 1.29 is 18.8 Å². The molecular weight excluding hydrogens is 354 g/mol. The molecule has 1 aliphatic carbocycles. The van der Waals surface area contributed by atoms with Crippen LogP contribution in [0.2, 0.25) is 0 Å². The molecule has 1 heterocycles. The lowest BCUT2D eigenvalue weighted by atomic mass is 10.0. The summed E-state index contributed by atoms with van der Waals surface area (Å²) >= 11 is 0. The summed E-state index contributed by atoms with van der Waals surface area (Å²) < 4.78 is 16.0. The van der Waals surface area contributed by atoms with Crippen molar-refractivity contribution in [3.8, 4) is 28.1 Å². The van der Waals surface area contributed by atoms with Gasteiger partial charge in [0.25, 0.3) is 0 Å². The zero-order valence-electron chi connectivity index (χ0n) is 15.4. The number of carbonyl (C=O) groups is 1. The number of methoxy groups -OCH3 is 1. The van der Waals surface area contributed by atoms with Crippen LogP contribution in [0.25, 0.3) is 22.4 Å². The minimum atomic E-state index is -0.718. The van der Waals surface area contributed by atoms with Crippen molar-refractivity contribution in [1.82, 2.24) is 5.16 Å². The molecule has 0 fully saturated rings. The van der Waals surface area contributed by atoms with Gasteiger partial charge in [0.15, 0.2) is 6.10 Å². The Hall–Kier alpha value is -3.60. The van der Waals surface area contributed by atoms with E-state index in [9.17, 15) is 4.79 Å². The van der Waals surface area contributed by atoms with E-state index in [1.807, 2.05) is 72.8 Å². The number of esters is 1. The first-order valence-corrected chi connectivity index (χ1v) is 8.96. The Morgan fingerprint density at radius 3 is 2.50 bits per heavy atom. The van der Waals surface area contributed by atoms with Gasteiger partial charge < -0.3 is 14.0 Å². The molecule has 4 rings (SSSR count). The molecule has 140 valence electrons. The molecular formula is C23H19NO4. The van der Waals surface area contributed by atoms with E-state index in [4.69, 9.17) is 14.0 Å². The van der Waals surface area contributed by atoms with Crippen molar-refractivity contribution in [3.63, 3.8) is 0 Å². The number of rotatable bonds is 6. The fourth-order valence-electron chi connectivity index (χ4n) is 3.13. The monoisotopic (exact) mass is 373 g/mol. The maximum Gasteiger partial charge on any atom is 0.347 e. The second kappa shape index (κ2) is 7.96. The molecule has 0 saturated heterocycles. The van der Waals surface area contributed by atoms with Gasteiger partial charge in [-0.15, -0.1) is 0 Å². The summed E-state index contributed by atoms with van der Waals surface area (Å²) in [5.74, 6) is 0.177. The quantitative estimate of drug-likeness (QED) is 0.462. The number of fused-ring (bicyclic) bond motifs is 1. The lowest BCUT2D eigenvalue weighted by Gasteiger charge is -2.17. The lowest BCUT2D eigenvalue weighted by Crippen LogP contribution is -2.30. The highest BCUT2D eigenvalue weighted by Crippen LogP contribution is 2.33. The second-order valence-corrected chi connectivity index (χ2v) is 6.40. The van der Waals surface area contributed by atoms with E-state index in [1.165, 1.54) is 7.11 Å². The van der Waals surface area contributed by atoms with E-state index >= 15 is 0 Å². The minimum absolute atomic E-state index is 0.407. The Bertz CT molecular complexity index is 1020. The summed E-state index contributed by atoms with van der Waals surface area (Å²) in [7, 11) is 1.36. The molecule has 28 heavy (non-hydrogen) atoms. The molecule has 0 radical (unpaired) electrons. The maximum absolute atomic E-state index is 12.2. The molecule has 1 atom stereocenters. The summed E-state index contributed by atoms with van der Waals surface area (Å²) in [5.41, 5.74) is 4.70. The summed E-state index contributed by atoms with van der Waals surface area (Å²) in [6.45, 7) is 0. The number of hydrogen-bond acceptors (Lipinski definition) is 5. The summed E-state index contributed by atoms with van der Waals surface area (Å²) in [4.78, 5) is 12.2. The fraction of sp³-hybridized carbons (Fsp3) is 0.130. The number of hydrogen-bond donors (Lipinski definition) is 0. The van der Waals surface area contributed by atoms with Gasteiger partial charge in [-0.25, -0.2) is 4.79 Å². The van der Waals surface area contributed by atoms with E-state index in [2.05, 4.69) is 5.16 Å². The summed E-state index contributed by atoms with van der Waals surface area (Å²) in [6, 6.07) is 23.1. The molecule has 0 unspecified atom stereocenters. The van der Waals surface area contributed by atoms with E-state index in [0.717, 1.165) is 27.9 Å². The van der Waals surface area contributed by atoms with Gasteiger partial charge >= 0.3 is 5.97 Å². The van der Waals surface area contributed by atoms with Crippen molar-refractivity contribution in [1.29, 1.82) is 0 Å². The molecule has 2 aliphatic rings. The van der Waals surface area contributed by atoms with Crippen LogP contribution in [0, 0.1) is 0 Å². The Morgan fingerprint density at radius 1 is 0.964 bits per heavy atom. The zero-order valence-corrected chi connectivity index (χ0v) is 15.4. The number of ether oxygens (including phenoxy) is 2. The van der Waals surface area contributed by atoms with Crippen LogP contribution in [0.3, 0.4) is 0 Å². The smallest absolute Gasteiger partial charge is 0.347 e. The van der Waals surface area contributed by atoms with Gasteiger partial charge in [-0.2, -0.15) is 0 Å². The topological polar surface area (TPSA) is 61.6 Å². The van der Waals surface area contributed by atoms with Gasteiger partial charge in [-0.1, -0.05) is 53.7 Å². The third-order valence-corrected chi connectivity index (χ3v) is 4.56. The highest BCUT2D eigenvalue weighted by Gasteiger charge is 2.22. The third kappa shape index (κ3) is 3.74. The third-order valence-electron chi connectivity index (χ3n) is 4.56. The molecule has 0 spiro atoms. The first kappa shape index (κ1) is 17.8. The Morgan fingerprint density at radius 2 is 1.75 bits per heavy atom. The minimum Gasteiger partial charge on any atom is -0.478 e. The molecule has 0 N–H and O–H groups in total. The summed E-state index contributed by atoms with van der Waals surface area (Å²) in [6.07, 6.45) is 1.34. The van der Waals surface area contributed by atoms with Gasteiger partial charge in [0, 0.05) is 23.1 Å². The van der Waals surface area contributed by atoms with Crippen LogP contribution >= 0.6 is 0 Å². The Labute approximate surface area is 162 Å². The predicted molar refractivity (Wildman–Crippen MR) is 105 cm³/mol. The van der Waals surface area contributed by atoms with Crippen LogP contribution in [0.4, 0.5) is 0 Å². The van der Waals surface area contributed by atoms with Gasteiger partial charge in [-0.3, -0.25) is 0 Å². The molecule has 2 aromatic rings. The molecule has 0 saturated carbocycles. The van der Waals surface area contributed by atoms with Crippen molar-refractivity contribution in [2.24, 2.45) is 0 Å². The second-order valence-electron chi connectivity index (χ2n) is 6.40. The molecule has 5 heteroatoms. The normalized spacial score (nSPS) is 11.9. The van der Waals surface area contributed by atoms with E-state index in [0.29, 0.717) is 12.2 Å². The Balaban J connectivity index is 1.54. The highest BCUT2D eigenvalue weighted by molar-refractivity contribution is 5.81. The first-order chi connectivity index (χ1) is 13.7. The lowest BCUT2D eigenvalue weighted by molar-refractivity contribution is -0.148. The van der Waals surface area contributed by atoms with Gasteiger partial charge in [0.2, 0.25) is 0 Å². The van der Waals surface area contributed by atoms with Gasteiger partial charge in [0.1, 0.15) is 17.7 Å². The zero-order chi connectivity index (χ0) is 19.3. The Kier molecular flexibility index (Phi) is 5.06. The molecule has 0 aromatic heterocycles. The van der Waals surface area contributed by atoms with Crippen LogP contribution in [-0.2, 0) is 16.0 Å². The van der Waals surface area contributed by atoms with Crippen LogP contribution in [0.15, 0.2) is 83.6 Å². The highest BCUT2D eigenvalue weighted by atomic mass is 16.6. The van der Waals surface area contributed by atoms with Crippen molar-refractivity contribution in [2.75, 3.05) is 7.11 Å². The van der Waals surface area contributed by atoms with Crippen molar-refractivity contribution >= 4 is 5.97 Å². The number of aromatic nitrogens is 1. The van der Waals surface area contributed by atoms with Crippen LogP contribution in [0.1, 0.15) is 5.56 Å². The molecule has 0 amide bonds. The van der Waals surface area contributed by atoms with Gasteiger partial charge in [0.05, 0.1) is 7.11 Å². The molecule has 2 aromatic carbocycles. The maximum atomic E-state index is 12.2. The van der Waals surface area contributed by atoms with Crippen molar-refractivity contribution in [3.05, 3.63) is 84.6 Å². The van der Waals surface area contributed by atoms with Crippen molar-refractivity contribution in [2.45, 2.75) is 12.5 Å². The SMILES string of the molecule is COC(=O)[C@@H](Cc1ccccc1)Oc1ccc(-c2nocc3cccc2-3)cc1. The fourth-order valence-corrected chi connectivity index (χ4v) is 3.13. The predicted octanol–water partition coefficient (Wildman–Crippen LogP) is 4.61. The average molecular weight is 373 g/mol. The molecule has 0 bridgehead atoms. The largest absolute Gasteiger partial charge is 0.478 e. The van der Waals surface area contributed by atoms with Crippen LogP contribution in [0.5, 0.6) is 5.75 Å². The van der Waals surface area contributed by atoms with Crippen LogP contribution in [-0.4, -0.2) is 24.3 Å². The van der Waals surface area contributed by atoms with E-state index in [-0.39, 0.29) is 0 Å². The van der Waals surface area contributed by atoms with E-state index in [1.54, 1.807) is 6.26 Å². The average Bonchev–Trinajstić information content (AvgIpc) is 3.23. The van der Waals surface area contributed by atoms with Crippen LogP contribution < -0.4 is 4.74 Å². The van der Waals surface area contributed by atoms with E-state index < -0.39 is 12.1 Å². The standard InChI is InChI=1S/C23H19NO4/c1-26-23(25)21(14-16-6-3-2-4-7-16)28-19-12-10-17(11-13-19)22-20-9-5-8-18(20)15-27-24-22/h2-13,15,21H,14H2,1H3/t21-/m1/s1. The molecule has 1 aliphatic heterocycles. The number of benzene rings is 2. The number of nitrogens with zero attached hydrogens (tertiary/aromatic N) is 1. The van der Waals surface area contributed by atoms with Gasteiger partial charge in [-0.05, 0) is 29.8 Å². The summed E-state index contributed by atoms with van der Waals surface area (Å²) in [5, 5.41) is 4.15. The first-order valence-electron chi connectivity index (χ1n) is 8.96.